The lowest BCUT2D eigenvalue weighted by Gasteiger charge is -2.43. The molecule has 6 unspecified atom stereocenters. The number of hydrogen-bond donors (Lipinski definition) is 3. The number of hydrogen-bond acceptors (Lipinski definition) is 11. The van der Waals surface area contributed by atoms with E-state index in [-0.39, 0.29) is 13.2 Å². The second-order valence-electron chi connectivity index (χ2n) is 10.5. The van der Waals surface area contributed by atoms with Gasteiger partial charge in [0.2, 0.25) is 0 Å². The van der Waals surface area contributed by atoms with Crippen molar-refractivity contribution in [3.8, 4) is 0 Å². The van der Waals surface area contributed by atoms with Gasteiger partial charge >= 0.3 is 0 Å². The van der Waals surface area contributed by atoms with Gasteiger partial charge in [-0.25, -0.2) is 0 Å². The maximum atomic E-state index is 10.8. The lowest BCUT2D eigenvalue weighted by atomic mass is 9.98. The molecule has 0 bridgehead atoms. The zero-order chi connectivity index (χ0) is 25.7. The van der Waals surface area contributed by atoms with Crippen molar-refractivity contribution >= 4 is 0 Å². The van der Waals surface area contributed by atoms with E-state index < -0.39 is 79.6 Å². The Morgan fingerprint density at radius 1 is 0.778 bits per heavy atom. The highest BCUT2D eigenvalue weighted by Gasteiger charge is 2.61. The molecule has 0 aliphatic carbocycles. The molecule has 11 heteroatoms. The third-order valence-corrected chi connectivity index (χ3v) is 6.78. The second-order valence-corrected chi connectivity index (χ2v) is 10.5. The maximum absolute atomic E-state index is 10.8. The van der Waals surface area contributed by atoms with E-state index >= 15 is 0 Å². The smallest absolute Gasteiger partial charge is 0.190 e. The predicted molar refractivity (Wildman–Crippen MR) is 121 cm³/mol. The zero-order valence-electron chi connectivity index (χ0n) is 20.9. The van der Waals surface area contributed by atoms with Crippen LogP contribution in [0.15, 0.2) is 30.3 Å². The first-order valence-electron chi connectivity index (χ1n) is 12.3. The molecule has 3 N–H and O–H groups in total. The molecule has 36 heavy (non-hydrogen) atoms. The Hall–Kier alpha value is -1.22. The molecule has 0 spiro atoms. The van der Waals surface area contributed by atoms with Gasteiger partial charge in [-0.3, -0.25) is 0 Å². The van der Waals surface area contributed by atoms with E-state index in [1.165, 1.54) is 0 Å². The van der Waals surface area contributed by atoms with Gasteiger partial charge in [0.1, 0.15) is 48.8 Å². The molecule has 0 saturated carbocycles. The summed E-state index contributed by atoms with van der Waals surface area (Å²) in [4.78, 5) is 0. The van der Waals surface area contributed by atoms with Crippen molar-refractivity contribution in [3.63, 3.8) is 0 Å². The standard InChI is InChI=1S/C25H36O11/c1-24(2)33-19-15(32-23-21(20(19)34-24)35-25(3,4)36-23)12-30-22-17(28)16(27)18(14(10-26)31-22)29-11-13-8-6-5-7-9-13/h5-9,14-23,26-28H,10-12H2,1-4H3/t14?,15?,16?,17?,18-,19+,20?,21?,22-,23-/m1/s1. The number of benzene rings is 1. The molecule has 202 valence electrons. The summed E-state index contributed by atoms with van der Waals surface area (Å²) in [6, 6.07) is 9.39. The van der Waals surface area contributed by atoms with Gasteiger partial charge in [0, 0.05) is 0 Å². The molecular formula is C25H36O11. The molecule has 4 heterocycles. The minimum absolute atomic E-state index is 0.0459. The summed E-state index contributed by atoms with van der Waals surface area (Å²) in [6.45, 7) is 6.94. The molecule has 10 atom stereocenters. The number of fused-ring (bicyclic) bond motifs is 3. The summed E-state index contributed by atoms with van der Waals surface area (Å²) in [5.74, 6) is -1.70. The van der Waals surface area contributed by atoms with E-state index in [9.17, 15) is 15.3 Å². The van der Waals surface area contributed by atoms with Crippen LogP contribution in [-0.4, -0.2) is 102 Å². The fourth-order valence-corrected chi connectivity index (χ4v) is 5.18. The Bertz CT molecular complexity index is 878. The monoisotopic (exact) mass is 512 g/mol. The Balaban J connectivity index is 1.22. The van der Waals surface area contributed by atoms with Crippen LogP contribution in [0, 0.1) is 0 Å². The number of rotatable bonds is 7. The van der Waals surface area contributed by atoms with Gasteiger partial charge in [0.25, 0.3) is 0 Å². The lowest BCUT2D eigenvalue weighted by molar-refractivity contribution is -0.321. The Labute approximate surface area is 210 Å². The van der Waals surface area contributed by atoms with Crippen LogP contribution in [0.3, 0.4) is 0 Å². The minimum atomic E-state index is -1.41. The van der Waals surface area contributed by atoms with E-state index in [1.807, 2.05) is 44.2 Å². The molecule has 1 aromatic rings. The maximum Gasteiger partial charge on any atom is 0.190 e. The molecule has 0 amide bonds. The van der Waals surface area contributed by atoms with Crippen molar-refractivity contribution in [2.75, 3.05) is 13.2 Å². The van der Waals surface area contributed by atoms with Gasteiger partial charge in [0.05, 0.1) is 19.8 Å². The quantitative estimate of drug-likeness (QED) is 0.469. The summed E-state index contributed by atoms with van der Waals surface area (Å²) in [5, 5.41) is 31.4. The Kier molecular flexibility index (Phi) is 7.45. The molecule has 4 aliphatic rings. The molecule has 11 nitrogen and oxygen atoms in total. The molecule has 5 rings (SSSR count). The Morgan fingerprint density at radius 3 is 2.17 bits per heavy atom. The molecule has 4 aliphatic heterocycles. The van der Waals surface area contributed by atoms with Gasteiger partial charge in [-0.1, -0.05) is 30.3 Å². The molecule has 4 fully saturated rings. The average Bonchev–Trinajstić information content (AvgIpc) is 3.33. The lowest BCUT2D eigenvalue weighted by Crippen LogP contribution is -2.61. The van der Waals surface area contributed by atoms with E-state index in [2.05, 4.69) is 0 Å². The van der Waals surface area contributed by atoms with Gasteiger partial charge in [-0.15, -0.1) is 0 Å². The average molecular weight is 513 g/mol. The summed E-state index contributed by atoms with van der Waals surface area (Å²) in [5.41, 5.74) is 0.888. The van der Waals surface area contributed by atoms with E-state index in [4.69, 9.17) is 37.9 Å². The normalized spacial score (nSPS) is 43.2. The summed E-state index contributed by atoms with van der Waals surface area (Å²) >= 11 is 0. The van der Waals surface area contributed by atoms with Gasteiger partial charge < -0.3 is 53.2 Å². The zero-order valence-corrected chi connectivity index (χ0v) is 20.9. The SMILES string of the molecule is CC1(C)OC2C3OC(C)(C)O[C@H]3C(CO[C@@H]3OC(CO)[C@@H](OCc4ccccc4)C(O)C3O)O[C@@H]2O1. The van der Waals surface area contributed by atoms with Crippen LogP contribution in [0.2, 0.25) is 0 Å². The van der Waals surface area contributed by atoms with Crippen LogP contribution < -0.4 is 0 Å². The van der Waals surface area contributed by atoms with E-state index in [1.54, 1.807) is 13.8 Å². The van der Waals surface area contributed by atoms with Crippen LogP contribution >= 0.6 is 0 Å². The van der Waals surface area contributed by atoms with Crippen molar-refractivity contribution < 1.29 is 53.2 Å². The second kappa shape index (κ2) is 10.2. The molecule has 0 aromatic heterocycles. The van der Waals surface area contributed by atoms with Crippen LogP contribution in [0.25, 0.3) is 0 Å². The first-order valence-corrected chi connectivity index (χ1v) is 12.3. The summed E-state index contributed by atoms with van der Waals surface area (Å²) in [7, 11) is 0. The van der Waals surface area contributed by atoms with Gasteiger partial charge in [-0.2, -0.15) is 0 Å². The molecular weight excluding hydrogens is 476 g/mol. The van der Waals surface area contributed by atoms with E-state index in [0.717, 1.165) is 5.56 Å². The molecule has 0 radical (unpaired) electrons. The third-order valence-electron chi connectivity index (χ3n) is 6.78. The number of aliphatic hydroxyl groups is 3. The van der Waals surface area contributed by atoms with Crippen molar-refractivity contribution in [3.05, 3.63) is 35.9 Å². The van der Waals surface area contributed by atoms with E-state index in [0.29, 0.717) is 0 Å². The van der Waals surface area contributed by atoms with Crippen molar-refractivity contribution in [2.45, 2.75) is 107 Å². The summed E-state index contributed by atoms with van der Waals surface area (Å²) < 4.78 is 47.7. The van der Waals surface area contributed by atoms with Crippen molar-refractivity contribution in [1.29, 1.82) is 0 Å². The highest BCUT2D eigenvalue weighted by atomic mass is 16.9. The first kappa shape index (κ1) is 26.4. The highest BCUT2D eigenvalue weighted by Crippen LogP contribution is 2.44. The van der Waals surface area contributed by atoms with Crippen molar-refractivity contribution in [2.24, 2.45) is 0 Å². The largest absolute Gasteiger partial charge is 0.394 e. The first-order chi connectivity index (χ1) is 17.1. The number of ether oxygens (including phenoxy) is 8. The minimum Gasteiger partial charge on any atom is -0.394 e. The van der Waals surface area contributed by atoms with Gasteiger partial charge in [0.15, 0.2) is 24.2 Å². The fraction of sp³-hybridized carbons (Fsp3) is 0.760. The Morgan fingerprint density at radius 2 is 1.44 bits per heavy atom. The number of aliphatic hydroxyl groups excluding tert-OH is 3. The third kappa shape index (κ3) is 5.33. The highest BCUT2D eigenvalue weighted by molar-refractivity contribution is 5.13. The van der Waals surface area contributed by atoms with Gasteiger partial charge in [-0.05, 0) is 33.3 Å². The van der Waals surface area contributed by atoms with Crippen LogP contribution in [0.4, 0.5) is 0 Å². The fourth-order valence-electron chi connectivity index (χ4n) is 5.18. The summed E-state index contributed by atoms with van der Waals surface area (Å²) in [6.07, 6.45) is -8.56. The van der Waals surface area contributed by atoms with Crippen molar-refractivity contribution in [1.82, 2.24) is 0 Å². The van der Waals surface area contributed by atoms with Crippen LogP contribution in [-0.2, 0) is 44.5 Å². The van der Waals surface area contributed by atoms with Crippen LogP contribution in [0.1, 0.15) is 33.3 Å². The topological polar surface area (TPSA) is 135 Å². The predicted octanol–water partition coefficient (Wildman–Crippen LogP) is 0.424. The molecule has 4 saturated heterocycles. The molecule has 1 aromatic carbocycles. The van der Waals surface area contributed by atoms with Crippen LogP contribution in [0.5, 0.6) is 0 Å².